The van der Waals surface area contributed by atoms with Gasteiger partial charge in [-0.05, 0) is 25.5 Å². The minimum absolute atomic E-state index is 0.0307. The van der Waals surface area contributed by atoms with Gasteiger partial charge in [0.2, 0.25) is 0 Å². The smallest absolute Gasteiger partial charge is 0.303 e. The minimum Gasteiger partial charge on any atom is -0.303 e. The quantitative estimate of drug-likeness (QED) is 0.594. The lowest BCUT2D eigenvalue weighted by Gasteiger charge is -2.19. The van der Waals surface area contributed by atoms with E-state index in [0.29, 0.717) is 5.69 Å². The van der Waals surface area contributed by atoms with E-state index in [4.69, 9.17) is 17.0 Å². The van der Waals surface area contributed by atoms with E-state index in [-0.39, 0.29) is 29.6 Å². The van der Waals surface area contributed by atoms with Crippen LogP contribution in [0.2, 0.25) is 5.15 Å². The first-order valence-electron chi connectivity index (χ1n) is 8.59. The Morgan fingerprint density at radius 3 is 2.72 bits per heavy atom. The Labute approximate surface area is 172 Å². The number of pyridine rings is 1. The molecule has 12 heteroatoms. The Kier molecular flexibility index (Phi) is 7.91. The Morgan fingerprint density at radius 2 is 2.14 bits per heavy atom. The third kappa shape index (κ3) is 6.64. The van der Waals surface area contributed by atoms with E-state index in [2.05, 4.69) is 10.1 Å². The summed E-state index contributed by atoms with van der Waals surface area (Å²) in [7, 11) is -1.74. The van der Waals surface area contributed by atoms with Crippen LogP contribution in [-0.2, 0) is 15.6 Å². The predicted molar refractivity (Wildman–Crippen MR) is 105 cm³/mol. The van der Waals surface area contributed by atoms with E-state index in [9.17, 15) is 22.2 Å². The molecule has 0 spiro atoms. The molecule has 0 fully saturated rings. The fourth-order valence-electron chi connectivity index (χ4n) is 2.46. The first kappa shape index (κ1) is 23.0. The number of aromatic nitrogens is 3. The number of hydrogen-bond donors (Lipinski definition) is 1. The van der Waals surface area contributed by atoms with E-state index in [1.54, 1.807) is 31.5 Å². The van der Waals surface area contributed by atoms with Gasteiger partial charge in [0.25, 0.3) is 5.91 Å². The lowest BCUT2D eigenvalue weighted by Crippen LogP contribution is -2.38. The highest BCUT2D eigenvalue weighted by Crippen LogP contribution is 2.26. The molecule has 0 saturated carbocycles. The van der Waals surface area contributed by atoms with E-state index < -0.39 is 40.8 Å². The van der Waals surface area contributed by atoms with Crippen molar-refractivity contribution in [3.63, 3.8) is 0 Å². The van der Waals surface area contributed by atoms with E-state index >= 15 is 0 Å². The number of alkyl halides is 3. The van der Waals surface area contributed by atoms with Crippen molar-refractivity contribution in [1.82, 2.24) is 14.8 Å². The van der Waals surface area contributed by atoms with Gasteiger partial charge in [0.05, 0.1) is 23.8 Å². The van der Waals surface area contributed by atoms with Crippen molar-refractivity contribution >= 4 is 39.7 Å². The number of hydrogen-bond acceptors (Lipinski definition) is 5. The second-order valence-electron chi connectivity index (χ2n) is 6.00. The number of carbonyl (C=O) groups excluding carboxylic acids is 1. The predicted octanol–water partition coefficient (Wildman–Crippen LogP) is 3.38. The zero-order chi connectivity index (χ0) is 21.6. The molecule has 0 aliphatic rings. The summed E-state index contributed by atoms with van der Waals surface area (Å²) in [6, 6.07) is 3.45. The molecule has 2 rings (SSSR count). The zero-order valence-electron chi connectivity index (χ0n) is 15.4. The molecule has 1 unspecified atom stereocenters. The third-order valence-electron chi connectivity index (χ3n) is 3.81. The largest absolute Gasteiger partial charge is 0.389 e. The molecule has 158 valence electrons. The number of amides is 1. The first-order chi connectivity index (χ1) is 13.6. The molecule has 2 aromatic heterocycles. The lowest BCUT2D eigenvalue weighted by atomic mass is 10.3. The molecule has 1 N–H and O–H groups in total. The topological polar surface area (TPSA) is 91.9 Å². The van der Waals surface area contributed by atoms with E-state index in [1.807, 2.05) is 0 Å². The average molecular weight is 450 g/mol. The molecule has 0 aromatic carbocycles. The molecule has 29 heavy (non-hydrogen) atoms. The molecule has 0 radical (unpaired) electrons. The van der Waals surface area contributed by atoms with Crippen LogP contribution in [0.25, 0.3) is 5.69 Å². The zero-order valence-corrected chi connectivity index (χ0v) is 17.0. The maximum Gasteiger partial charge on any atom is 0.389 e. The van der Waals surface area contributed by atoms with Gasteiger partial charge < -0.3 is 4.90 Å². The number of anilines is 1. The van der Waals surface area contributed by atoms with Crippen molar-refractivity contribution in [2.75, 3.05) is 23.0 Å². The summed E-state index contributed by atoms with van der Waals surface area (Å²) in [6.45, 7) is 1.84. The monoisotopic (exact) mass is 449 g/mol. The molecule has 2 heterocycles. The Morgan fingerprint density at radius 1 is 1.41 bits per heavy atom. The third-order valence-corrected chi connectivity index (χ3v) is 5.43. The van der Waals surface area contributed by atoms with E-state index in [0.717, 1.165) is 0 Å². The van der Waals surface area contributed by atoms with Gasteiger partial charge in [0.15, 0.2) is 5.15 Å². The fourth-order valence-corrected chi connectivity index (χ4v) is 3.75. The van der Waals surface area contributed by atoms with Crippen LogP contribution >= 0.6 is 11.6 Å². The summed E-state index contributed by atoms with van der Waals surface area (Å²) in [5.41, 5.74) is 0.406. The summed E-state index contributed by atoms with van der Waals surface area (Å²) < 4.78 is 49.9. The number of rotatable bonds is 9. The minimum atomic E-state index is -4.32. The number of halogens is 4. The number of nitrogens with zero attached hydrogens (tertiary/aromatic N) is 4. The normalized spacial score (nSPS) is 12.6. The maximum atomic E-state index is 12.6. The lowest BCUT2D eigenvalue weighted by molar-refractivity contribution is -0.134. The summed E-state index contributed by atoms with van der Waals surface area (Å²) in [5.74, 6) is -1.40. The van der Waals surface area contributed by atoms with E-state index in [1.165, 1.54) is 15.8 Å². The second-order valence-corrected chi connectivity index (χ2v) is 7.93. The summed E-state index contributed by atoms with van der Waals surface area (Å²) in [6.07, 6.45) is -1.04. The van der Waals surface area contributed by atoms with Crippen molar-refractivity contribution in [2.45, 2.75) is 25.9 Å². The van der Waals surface area contributed by atoms with Crippen LogP contribution in [0.15, 0.2) is 30.7 Å². The Hall–Kier alpha value is -2.27. The van der Waals surface area contributed by atoms with Gasteiger partial charge in [-0.1, -0.05) is 11.6 Å². The van der Waals surface area contributed by atoms with Crippen LogP contribution < -0.4 is 4.90 Å². The van der Waals surface area contributed by atoms with Crippen molar-refractivity contribution in [3.05, 3.63) is 35.9 Å². The van der Waals surface area contributed by atoms with Gasteiger partial charge >= 0.3 is 6.18 Å². The fraction of sp³-hybridized carbons (Fsp3) is 0.412. The summed E-state index contributed by atoms with van der Waals surface area (Å²) >= 11 is 6.15. The summed E-state index contributed by atoms with van der Waals surface area (Å²) in [5, 5.41) is 12.1. The van der Waals surface area contributed by atoms with Gasteiger partial charge in [0.1, 0.15) is 11.4 Å². The molecule has 1 amide bonds. The van der Waals surface area contributed by atoms with Crippen LogP contribution in [0.4, 0.5) is 18.9 Å². The second kappa shape index (κ2) is 9.97. The molecule has 2 aromatic rings. The Bertz CT molecular complexity index is 889. The van der Waals surface area contributed by atoms with Crippen molar-refractivity contribution in [3.8, 4) is 5.69 Å². The first-order valence-corrected chi connectivity index (χ1v) is 10.5. The molecular weight excluding hydrogens is 431 g/mol. The van der Waals surface area contributed by atoms with Crippen LogP contribution in [0, 0.1) is 5.41 Å². The molecule has 0 aliphatic carbocycles. The SMILES string of the molecule is CCN(C(=O)C(=N)CS(=O)CCCC(F)(F)F)c1cn(-c2cccnc2)nc1Cl. The number of carbonyl (C=O) groups is 1. The van der Waals surface area contributed by atoms with Crippen LogP contribution in [0.1, 0.15) is 19.8 Å². The Balaban J connectivity index is 2.05. The standard InChI is InChI=1S/C17H19ClF3N5O2S/c1-2-25(14-10-26(24-15(14)18)12-5-3-7-23-9-12)16(27)13(22)11-29(28)8-4-6-17(19,20)21/h3,5,7,9-10,22H,2,4,6,8,11H2,1H3. The van der Waals surface area contributed by atoms with Gasteiger partial charge in [-0.25, -0.2) is 4.68 Å². The molecular formula is C17H19ClF3N5O2S. The summed E-state index contributed by atoms with van der Waals surface area (Å²) in [4.78, 5) is 17.8. The van der Waals surface area contributed by atoms with Crippen molar-refractivity contribution in [1.29, 1.82) is 5.41 Å². The van der Waals surface area contributed by atoms with Gasteiger partial charge in [0, 0.05) is 35.7 Å². The van der Waals surface area contributed by atoms with Crippen molar-refractivity contribution < 1.29 is 22.2 Å². The maximum absolute atomic E-state index is 12.6. The highest BCUT2D eigenvalue weighted by Gasteiger charge is 2.27. The molecule has 0 aliphatic heterocycles. The van der Waals surface area contributed by atoms with Crippen LogP contribution in [0.3, 0.4) is 0 Å². The van der Waals surface area contributed by atoms with Crippen LogP contribution in [0.5, 0.6) is 0 Å². The van der Waals surface area contributed by atoms with Crippen LogP contribution in [-0.4, -0.2) is 54.8 Å². The highest BCUT2D eigenvalue weighted by atomic mass is 35.5. The van der Waals surface area contributed by atoms with Crippen molar-refractivity contribution in [2.24, 2.45) is 0 Å². The van der Waals surface area contributed by atoms with Gasteiger partial charge in [-0.3, -0.25) is 19.4 Å². The highest BCUT2D eigenvalue weighted by molar-refractivity contribution is 7.85. The average Bonchev–Trinajstić information content (AvgIpc) is 3.03. The van der Waals surface area contributed by atoms with Gasteiger partial charge in [-0.2, -0.15) is 18.3 Å². The molecule has 7 nitrogen and oxygen atoms in total. The molecule has 0 bridgehead atoms. The number of nitrogens with one attached hydrogen (secondary N) is 1. The molecule has 1 atom stereocenters. The molecule has 0 saturated heterocycles. The van der Waals surface area contributed by atoms with Gasteiger partial charge in [-0.15, -0.1) is 0 Å².